The molecule has 0 radical (unpaired) electrons. The molecular formula is C8H13N3O2S2. The maximum Gasteiger partial charge on any atom is 0.324 e. The predicted octanol–water partition coefficient (Wildman–Crippen LogP) is 1.08. The second kappa shape index (κ2) is 5.43. The number of carboxylic acid groups (broad SMARTS) is 1. The summed E-state index contributed by atoms with van der Waals surface area (Å²) >= 11 is 2.68. The predicted molar refractivity (Wildman–Crippen MR) is 60.4 cm³/mol. The Morgan fingerprint density at radius 2 is 2.53 bits per heavy atom. The molecule has 0 spiro atoms. The highest BCUT2D eigenvalue weighted by atomic mass is 32.2. The van der Waals surface area contributed by atoms with Gasteiger partial charge in [-0.2, -0.15) is 4.37 Å². The van der Waals surface area contributed by atoms with Gasteiger partial charge in [-0.3, -0.25) is 4.79 Å². The van der Waals surface area contributed by atoms with Crippen molar-refractivity contribution in [3.8, 4) is 0 Å². The van der Waals surface area contributed by atoms with Crippen molar-refractivity contribution in [2.24, 2.45) is 0 Å². The molecule has 1 aromatic rings. The Bertz CT molecular complexity index is 318. The fourth-order valence-electron chi connectivity index (χ4n) is 1.01. The molecule has 1 rings (SSSR count). The third-order valence-corrected chi connectivity index (χ3v) is 3.98. The lowest BCUT2D eigenvalue weighted by molar-refractivity contribution is -0.143. The van der Waals surface area contributed by atoms with Crippen LogP contribution in [-0.4, -0.2) is 38.3 Å². The number of hydrogen-bond donors (Lipinski definition) is 2. The molecule has 1 aromatic heterocycles. The Labute approximate surface area is 96.5 Å². The molecule has 84 valence electrons. The number of aliphatic carboxylic acids is 1. The van der Waals surface area contributed by atoms with Gasteiger partial charge in [-0.25, -0.2) is 4.98 Å². The van der Waals surface area contributed by atoms with Gasteiger partial charge in [0.05, 0.1) is 0 Å². The lowest BCUT2D eigenvalue weighted by Crippen LogP contribution is -2.51. The van der Waals surface area contributed by atoms with Gasteiger partial charge in [0, 0.05) is 5.75 Å². The number of nitrogens with zero attached hydrogens (tertiary/aromatic N) is 2. The summed E-state index contributed by atoms with van der Waals surface area (Å²) in [5.74, 6) is -0.410. The van der Waals surface area contributed by atoms with Crippen molar-refractivity contribution in [2.75, 3.05) is 12.3 Å². The Hall–Kier alpha value is -0.660. The van der Waals surface area contributed by atoms with E-state index >= 15 is 0 Å². The van der Waals surface area contributed by atoms with Gasteiger partial charge in [-0.15, -0.1) is 0 Å². The molecule has 0 saturated carbocycles. The van der Waals surface area contributed by atoms with E-state index in [0.717, 1.165) is 4.34 Å². The smallest absolute Gasteiger partial charge is 0.324 e. The van der Waals surface area contributed by atoms with E-state index in [2.05, 4.69) is 14.7 Å². The van der Waals surface area contributed by atoms with Crippen molar-refractivity contribution in [3.63, 3.8) is 0 Å². The number of thioether (sulfide) groups is 1. The van der Waals surface area contributed by atoms with Crippen LogP contribution in [0.3, 0.4) is 0 Å². The fourth-order valence-corrected chi connectivity index (χ4v) is 2.57. The normalized spacial score (nSPS) is 14.8. The summed E-state index contributed by atoms with van der Waals surface area (Å²) in [7, 11) is 0. The standard InChI is InChI=1S/C8H13N3O2S2/c1-3-10-8(2,6(12)13)4-14-7-9-5-11-15-7/h5,10H,3-4H2,1-2H3,(H,12,13). The number of aromatic nitrogens is 2. The average Bonchev–Trinajstić information content (AvgIpc) is 2.67. The van der Waals surface area contributed by atoms with E-state index in [0.29, 0.717) is 12.3 Å². The summed E-state index contributed by atoms with van der Waals surface area (Å²) in [6, 6.07) is 0. The molecule has 0 saturated heterocycles. The number of carbonyl (C=O) groups is 1. The zero-order chi connectivity index (χ0) is 11.3. The van der Waals surface area contributed by atoms with Crippen LogP contribution in [0.25, 0.3) is 0 Å². The molecule has 1 heterocycles. The first-order valence-corrected chi connectivity index (χ1v) is 6.22. The maximum atomic E-state index is 11.1. The van der Waals surface area contributed by atoms with Crippen LogP contribution in [0, 0.1) is 0 Å². The molecule has 5 nitrogen and oxygen atoms in total. The van der Waals surface area contributed by atoms with Crippen molar-refractivity contribution in [2.45, 2.75) is 23.7 Å². The lowest BCUT2D eigenvalue weighted by atomic mass is 10.1. The highest BCUT2D eigenvalue weighted by Gasteiger charge is 2.32. The van der Waals surface area contributed by atoms with Crippen LogP contribution < -0.4 is 5.32 Å². The van der Waals surface area contributed by atoms with Gasteiger partial charge in [0.2, 0.25) is 0 Å². The minimum atomic E-state index is -0.912. The third-order valence-electron chi connectivity index (χ3n) is 1.86. The number of hydrogen-bond acceptors (Lipinski definition) is 6. The molecule has 1 atom stereocenters. The van der Waals surface area contributed by atoms with Gasteiger partial charge in [0.25, 0.3) is 0 Å². The van der Waals surface area contributed by atoms with Crippen LogP contribution >= 0.6 is 23.3 Å². The second-order valence-electron chi connectivity index (χ2n) is 3.16. The number of rotatable bonds is 6. The van der Waals surface area contributed by atoms with Gasteiger partial charge >= 0.3 is 5.97 Å². The van der Waals surface area contributed by atoms with Gasteiger partial charge in [-0.1, -0.05) is 18.7 Å². The summed E-state index contributed by atoms with van der Waals surface area (Å²) in [6.07, 6.45) is 1.47. The van der Waals surface area contributed by atoms with Crippen molar-refractivity contribution >= 4 is 29.3 Å². The van der Waals surface area contributed by atoms with E-state index < -0.39 is 11.5 Å². The van der Waals surface area contributed by atoms with Crippen molar-refractivity contribution in [1.82, 2.24) is 14.7 Å². The largest absolute Gasteiger partial charge is 0.480 e. The van der Waals surface area contributed by atoms with E-state index in [-0.39, 0.29) is 0 Å². The van der Waals surface area contributed by atoms with Crippen molar-refractivity contribution in [1.29, 1.82) is 0 Å². The Morgan fingerprint density at radius 1 is 1.80 bits per heavy atom. The van der Waals surface area contributed by atoms with E-state index in [1.165, 1.54) is 29.6 Å². The molecule has 7 heteroatoms. The monoisotopic (exact) mass is 247 g/mol. The molecule has 15 heavy (non-hydrogen) atoms. The minimum absolute atomic E-state index is 0.436. The number of likely N-dealkylation sites (N-methyl/N-ethyl adjacent to an activating group) is 1. The summed E-state index contributed by atoms with van der Waals surface area (Å²) < 4.78 is 4.65. The van der Waals surface area contributed by atoms with E-state index in [1.807, 2.05) is 6.92 Å². The molecule has 0 aliphatic carbocycles. The molecule has 2 N–H and O–H groups in total. The SMILES string of the molecule is CCNC(C)(CSc1ncns1)C(=O)O. The summed E-state index contributed by atoms with van der Waals surface area (Å²) in [5, 5.41) is 12.0. The highest BCUT2D eigenvalue weighted by molar-refractivity contribution is 8.01. The lowest BCUT2D eigenvalue weighted by Gasteiger charge is -2.24. The molecule has 0 amide bonds. The molecule has 0 fully saturated rings. The topological polar surface area (TPSA) is 75.1 Å². The number of carboxylic acids is 1. The van der Waals surface area contributed by atoms with E-state index in [1.54, 1.807) is 6.92 Å². The van der Waals surface area contributed by atoms with E-state index in [4.69, 9.17) is 5.11 Å². The summed E-state index contributed by atoms with van der Waals surface area (Å²) in [6.45, 7) is 4.18. The minimum Gasteiger partial charge on any atom is -0.480 e. The van der Waals surface area contributed by atoms with E-state index in [9.17, 15) is 4.79 Å². The molecular weight excluding hydrogens is 234 g/mol. The first-order chi connectivity index (χ1) is 7.08. The van der Waals surface area contributed by atoms with Gasteiger partial charge in [0.15, 0.2) is 4.34 Å². The molecule has 0 aliphatic rings. The van der Waals surface area contributed by atoms with Crippen LogP contribution in [0.15, 0.2) is 10.7 Å². The third kappa shape index (κ3) is 3.44. The number of nitrogens with one attached hydrogen (secondary N) is 1. The van der Waals surface area contributed by atoms with Crippen LogP contribution in [0.4, 0.5) is 0 Å². The van der Waals surface area contributed by atoms with Crippen LogP contribution in [0.1, 0.15) is 13.8 Å². The van der Waals surface area contributed by atoms with Crippen LogP contribution in [-0.2, 0) is 4.79 Å². The fraction of sp³-hybridized carbons (Fsp3) is 0.625. The second-order valence-corrected chi connectivity index (χ2v) is 5.17. The average molecular weight is 247 g/mol. The van der Waals surface area contributed by atoms with Crippen LogP contribution in [0.2, 0.25) is 0 Å². The zero-order valence-electron chi connectivity index (χ0n) is 8.56. The van der Waals surface area contributed by atoms with Crippen molar-refractivity contribution < 1.29 is 9.90 Å². The molecule has 1 unspecified atom stereocenters. The molecule has 0 bridgehead atoms. The maximum absolute atomic E-state index is 11.1. The zero-order valence-corrected chi connectivity index (χ0v) is 10.2. The molecule has 0 aromatic carbocycles. The Kier molecular flexibility index (Phi) is 4.49. The quantitative estimate of drug-likeness (QED) is 0.733. The van der Waals surface area contributed by atoms with Gasteiger partial charge in [0.1, 0.15) is 11.9 Å². The Morgan fingerprint density at radius 3 is 3.00 bits per heavy atom. The summed E-state index contributed by atoms with van der Waals surface area (Å²) in [4.78, 5) is 15.1. The highest BCUT2D eigenvalue weighted by Crippen LogP contribution is 2.23. The Balaban J connectivity index is 2.56. The first kappa shape index (κ1) is 12.4. The summed E-state index contributed by atoms with van der Waals surface area (Å²) in [5.41, 5.74) is -0.912. The van der Waals surface area contributed by atoms with Crippen LogP contribution in [0.5, 0.6) is 0 Å². The molecule has 0 aliphatic heterocycles. The van der Waals surface area contributed by atoms with Gasteiger partial charge in [-0.05, 0) is 25.0 Å². The van der Waals surface area contributed by atoms with Crippen molar-refractivity contribution in [3.05, 3.63) is 6.33 Å². The van der Waals surface area contributed by atoms with Gasteiger partial charge < -0.3 is 10.4 Å². The first-order valence-electron chi connectivity index (χ1n) is 4.46.